The van der Waals surface area contributed by atoms with Gasteiger partial charge in [-0.25, -0.2) is 12.7 Å². The van der Waals surface area contributed by atoms with Gasteiger partial charge in [0.15, 0.2) is 5.96 Å². The number of rotatable bonds is 8. The number of thiophene rings is 1. The minimum absolute atomic E-state index is 0. The zero-order valence-electron chi connectivity index (χ0n) is 17.3. The third-order valence-corrected chi connectivity index (χ3v) is 7.37. The summed E-state index contributed by atoms with van der Waals surface area (Å²) in [4.78, 5) is 5.11. The van der Waals surface area contributed by atoms with Gasteiger partial charge in [0.2, 0.25) is 0 Å². The first kappa shape index (κ1) is 25.7. The first-order chi connectivity index (χ1) is 13.2. The van der Waals surface area contributed by atoms with Crippen LogP contribution in [0.1, 0.15) is 17.4 Å². The number of nitrogens with zero attached hydrogens (tertiary/aromatic N) is 2. The SMILES string of the molecule is CN=C(NCc1ccc(S(=O)(=O)N(C)C)s1)NCC(C)Oc1ccccc1C.I. The molecule has 29 heavy (non-hydrogen) atoms. The Morgan fingerprint density at radius 2 is 1.90 bits per heavy atom. The molecule has 1 unspecified atom stereocenters. The molecular weight excluding hydrogens is 523 g/mol. The van der Waals surface area contributed by atoms with E-state index in [2.05, 4.69) is 15.6 Å². The summed E-state index contributed by atoms with van der Waals surface area (Å²) in [5, 5.41) is 6.42. The second kappa shape index (κ2) is 11.7. The van der Waals surface area contributed by atoms with Gasteiger partial charge < -0.3 is 15.4 Å². The molecule has 2 rings (SSSR count). The molecule has 1 aromatic heterocycles. The maximum atomic E-state index is 12.2. The van der Waals surface area contributed by atoms with Crippen LogP contribution in [0.3, 0.4) is 0 Å². The summed E-state index contributed by atoms with van der Waals surface area (Å²) in [5.74, 6) is 1.50. The topological polar surface area (TPSA) is 83.0 Å². The van der Waals surface area contributed by atoms with Gasteiger partial charge in [-0.3, -0.25) is 4.99 Å². The molecule has 162 valence electrons. The molecular formula is C19H29IN4O3S2. The number of aliphatic imine (C=N–C) groups is 1. The van der Waals surface area contributed by atoms with Crippen LogP contribution in [-0.4, -0.2) is 52.5 Å². The van der Waals surface area contributed by atoms with Crippen molar-refractivity contribution in [1.29, 1.82) is 0 Å². The molecule has 2 N–H and O–H groups in total. The molecule has 2 aromatic rings. The number of hydrogen-bond acceptors (Lipinski definition) is 5. The van der Waals surface area contributed by atoms with Crippen LogP contribution in [0, 0.1) is 6.92 Å². The summed E-state index contributed by atoms with van der Waals surface area (Å²) in [6, 6.07) is 11.3. The van der Waals surface area contributed by atoms with E-state index in [1.54, 1.807) is 13.1 Å². The van der Waals surface area contributed by atoms with Crippen LogP contribution in [0.2, 0.25) is 0 Å². The number of benzene rings is 1. The Morgan fingerprint density at radius 3 is 2.52 bits per heavy atom. The van der Waals surface area contributed by atoms with Crippen LogP contribution >= 0.6 is 35.3 Å². The van der Waals surface area contributed by atoms with Gasteiger partial charge >= 0.3 is 0 Å². The number of halogens is 1. The van der Waals surface area contributed by atoms with Gasteiger partial charge in [0.05, 0.1) is 13.1 Å². The summed E-state index contributed by atoms with van der Waals surface area (Å²) in [5.41, 5.74) is 1.10. The van der Waals surface area contributed by atoms with E-state index in [0.29, 0.717) is 23.3 Å². The van der Waals surface area contributed by atoms with E-state index in [9.17, 15) is 8.42 Å². The number of nitrogens with one attached hydrogen (secondary N) is 2. The minimum atomic E-state index is -3.39. The normalized spacial score (nSPS) is 13.0. The van der Waals surface area contributed by atoms with Crippen molar-refractivity contribution in [1.82, 2.24) is 14.9 Å². The van der Waals surface area contributed by atoms with Gasteiger partial charge in [-0.2, -0.15) is 0 Å². The predicted molar refractivity (Wildman–Crippen MR) is 130 cm³/mol. The quantitative estimate of drug-likeness (QED) is 0.299. The molecule has 0 fully saturated rings. The molecule has 0 saturated heterocycles. The number of aryl methyl sites for hydroxylation is 1. The van der Waals surface area contributed by atoms with E-state index in [0.717, 1.165) is 16.2 Å². The van der Waals surface area contributed by atoms with Crippen LogP contribution in [0.5, 0.6) is 5.75 Å². The lowest BCUT2D eigenvalue weighted by molar-refractivity contribution is 0.222. The van der Waals surface area contributed by atoms with Crippen molar-refractivity contribution in [3.05, 3.63) is 46.8 Å². The van der Waals surface area contributed by atoms with Gasteiger partial charge in [0, 0.05) is 26.0 Å². The fourth-order valence-electron chi connectivity index (χ4n) is 2.35. The van der Waals surface area contributed by atoms with Crippen LogP contribution < -0.4 is 15.4 Å². The monoisotopic (exact) mass is 552 g/mol. The second-order valence-corrected chi connectivity index (χ2v) is 10.1. The summed E-state index contributed by atoms with van der Waals surface area (Å²) in [6.07, 6.45) is -0.0433. The van der Waals surface area contributed by atoms with Gasteiger partial charge in [-0.1, -0.05) is 18.2 Å². The lowest BCUT2D eigenvalue weighted by atomic mass is 10.2. The third-order valence-electron chi connectivity index (χ3n) is 4.00. The largest absolute Gasteiger partial charge is 0.489 e. The maximum Gasteiger partial charge on any atom is 0.252 e. The summed E-state index contributed by atoms with van der Waals surface area (Å²) >= 11 is 1.25. The van der Waals surface area contributed by atoms with Crippen molar-refractivity contribution in [3.63, 3.8) is 0 Å². The Balaban J connectivity index is 0.00000420. The van der Waals surface area contributed by atoms with Crippen molar-refractivity contribution in [2.24, 2.45) is 4.99 Å². The molecule has 0 aliphatic rings. The highest BCUT2D eigenvalue weighted by Gasteiger charge is 2.19. The van der Waals surface area contributed by atoms with E-state index >= 15 is 0 Å². The first-order valence-corrected chi connectivity index (χ1v) is 11.2. The lowest BCUT2D eigenvalue weighted by Crippen LogP contribution is -2.41. The standard InChI is InChI=1S/C19H28N4O3S2.HI/c1-14-8-6-7-9-17(14)26-15(2)12-21-19(20-3)22-13-16-10-11-18(27-16)28(24,25)23(4)5;/h6-11,15H,12-13H2,1-5H3,(H2,20,21,22);1H. The van der Waals surface area contributed by atoms with E-state index in [1.807, 2.05) is 44.2 Å². The minimum Gasteiger partial charge on any atom is -0.489 e. The van der Waals surface area contributed by atoms with E-state index in [1.165, 1.54) is 29.7 Å². The van der Waals surface area contributed by atoms with Gasteiger partial charge in [0.1, 0.15) is 16.1 Å². The molecule has 0 spiro atoms. The van der Waals surface area contributed by atoms with Gasteiger partial charge in [-0.05, 0) is 37.6 Å². The van der Waals surface area contributed by atoms with Crippen LogP contribution in [0.15, 0.2) is 45.6 Å². The average Bonchev–Trinajstić information content (AvgIpc) is 3.13. The molecule has 1 atom stereocenters. The number of sulfonamides is 1. The number of para-hydroxylation sites is 1. The molecule has 0 amide bonds. The molecule has 0 aliphatic heterocycles. The van der Waals surface area contributed by atoms with E-state index < -0.39 is 10.0 Å². The molecule has 0 aliphatic carbocycles. The van der Waals surface area contributed by atoms with Crippen molar-refractivity contribution in [2.45, 2.75) is 30.7 Å². The summed E-state index contributed by atoms with van der Waals surface area (Å²) in [6.45, 7) is 5.07. The highest BCUT2D eigenvalue weighted by molar-refractivity contribution is 14.0. The highest BCUT2D eigenvalue weighted by atomic mass is 127. The van der Waals surface area contributed by atoms with E-state index in [-0.39, 0.29) is 30.1 Å². The zero-order chi connectivity index (χ0) is 20.7. The predicted octanol–water partition coefficient (Wildman–Crippen LogP) is 3.06. The van der Waals surface area contributed by atoms with Crippen molar-refractivity contribution in [3.8, 4) is 5.75 Å². The number of hydrogen-bond donors (Lipinski definition) is 2. The van der Waals surface area contributed by atoms with Crippen LogP contribution in [0.4, 0.5) is 0 Å². The number of guanidine groups is 1. The second-order valence-electron chi connectivity index (χ2n) is 6.51. The summed E-state index contributed by atoms with van der Waals surface area (Å²) in [7, 11) is 1.35. The van der Waals surface area contributed by atoms with Crippen LogP contribution in [-0.2, 0) is 16.6 Å². The van der Waals surface area contributed by atoms with Gasteiger partial charge in [-0.15, -0.1) is 35.3 Å². The highest BCUT2D eigenvalue weighted by Crippen LogP contribution is 2.23. The Hall–Kier alpha value is -1.37. The Kier molecular flexibility index (Phi) is 10.4. The molecule has 1 aromatic carbocycles. The number of ether oxygens (including phenoxy) is 1. The molecule has 0 radical (unpaired) electrons. The Morgan fingerprint density at radius 1 is 1.21 bits per heavy atom. The van der Waals surface area contributed by atoms with E-state index in [4.69, 9.17) is 4.74 Å². The van der Waals surface area contributed by atoms with Crippen molar-refractivity contribution < 1.29 is 13.2 Å². The average molecular weight is 553 g/mol. The van der Waals surface area contributed by atoms with Gasteiger partial charge in [0.25, 0.3) is 10.0 Å². The first-order valence-electron chi connectivity index (χ1n) is 8.92. The van der Waals surface area contributed by atoms with Crippen molar-refractivity contribution in [2.75, 3.05) is 27.7 Å². The Bertz CT molecular complexity index is 914. The smallest absolute Gasteiger partial charge is 0.252 e. The third kappa shape index (κ3) is 7.43. The maximum absolute atomic E-state index is 12.2. The zero-order valence-corrected chi connectivity index (χ0v) is 21.3. The Labute approximate surface area is 194 Å². The fourth-order valence-corrected chi connectivity index (χ4v) is 4.82. The van der Waals surface area contributed by atoms with Crippen LogP contribution in [0.25, 0.3) is 0 Å². The summed E-state index contributed by atoms with van der Waals surface area (Å²) < 4.78 is 31.8. The molecule has 0 saturated carbocycles. The molecule has 7 nitrogen and oxygen atoms in total. The van der Waals surface area contributed by atoms with Crippen molar-refractivity contribution >= 4 is 51.3 Å². The lowest BCUT2D eigenvalue weighted by Gasteiger charge is -2.18. The molecule has 10 heteroatoms. The fraction of sp³-hybridized carbons (Fsp3) is 0.421. The molecule has 0 bridgehead atoms. The molecule has 1 heterocycles.